The zero-order valence-corrected chi connectivity index (χ0v) is 15.4. The first-order valence-corrected chi connectivity index (χ1v) is 8.50. The van der Waals surface area contributed by atoms with Crippen molar-refractivity contribution in [2.75, 3.05) is 6.61 Å². The first-order chi connectivity index (χ1) is 11.0. The minimum absolute atomic E-state index is 0.0150. The first-order valence-electron chi connectivity index (χ1n) is 6.09. The van der Waals surface area contributed by atoms with Gasteiger partial charge in [-0.2, -0.15) is 5.10 Å². The first kappa shape index (κ1) is 17.6. The molecule has 0 atom stereocenters. The van der Waals surface area contributed by atoms with Crippen LogP contribution in [0.25, 0.3) is 0 Å². The van der Waals surface area contributed by atoms with Gasteiger partial charge in [-0.05, 0) is 40.2 Å². The van der Waals surface area contributed by atoms with Gasteiger partial charge in [0.2, 0.25) is 0 Å². The van der Waals surface area contributed by atoms with Crippen molar-refractivity contribution in [1.29, 1.82) is 0 Å². The van der Waals surface area contributed by atoms with Crippen LogP contribution in [-0.2, 0) is 4.79 Å². The highest BCUT2D eigenvalue weighted by molar-refractivity contribution is 9.11. The normalized spacial score (nSPS) is 10.7. The number of hydrogen-bond donors (Lipinski definition) is 1. The molecule has 1 amide bonds. The zero-order chi connectivity index (χ0) is 16.8. The lowest BCUT2D eigenvalue weighted by Crippen LogP contribution is -2.24. The molecule has 1 N–H and O–H groups in total. The molecule has 0 aliphatic carbocycles. The Labute approximate surface area is 151 Å². The second kappa shape index (κ2) is 8.18. The van der Waals surface area contributed by atoms with Crippen molar-refractivity contribution in [3.8, 4) is 5.75 Å². The molecule has 0 saturated carbocycles. The number of nitrogens with zero attached hydrogens (tertiary/aromatic N) is 2. The van der Waals surface area contributed by atoms with Crippen LogP contribution in [0.1, 0.15) is 4.88 Å². The Hall–Kier alpha value is -1.78. The van der Waals surface area contributed by atoms with Crippen molar-refractivity contribution in [2.24, 2.45) is 5.10 Å². The minimum atomic E-state index is -0.482. The van der Waals surface area contributed by atoms with Crippen molar-refractivity contribution in [3.63, 3.8) is 0 Å². The van der Waals surface area contributed by atoms with E-state index in [1.54, 1.807) is 24.3 Å². The van der Waals surface area contributed by atoms with Gasteiger partial charge in [-0.25, -0.2) is 5.43 Å². The summed E-state index contributed by atoms with van der Waals surface area (Å²) in [6.45, 7) is -0.206. The average molecular weight is 463 g/mol. The topological polar surface area (TPSA) is 93.8 Å². The summed E-state index contributed by atoms with van der Waals surface area (Å²) in [7, 11) is 0. The van der Waals surface area contributed by atoms with Crippen LogP contribution in [0.4, 0.5) is 5.00 Å². The maximum absolute atomic E-state index is 11.6. The highest BCUT2D eigenvalue weighted by Gasteiger charge is 2.08. The zero-order valence-electron chi connectivity index (χ0n) is 11.4. The lowest BCUT2D eigenvalue weighted by molar-refractivity contribution is -0.380. The number of hydrazone groups is 1. The van der Waals surface area contributed by atoms with Gasteiger partial charge in [0, 0.05) is 10.5 Å². The third kappa shape index (κ3) is 5.41. The predicted octanol–water partition coefficient (Wildman–Crippen LogP) is 3.71. The molecule has 0 saturated heterocycles. The van der Waals surface area contributed by atoms with Crippen molar-refractivity contribution in [2.45, 2.75) is 0 Å². The number of nitro groups is 1. The summed E-state index contributed by atoms with van der Waals surface area (Å²) in [5, 5.41) is 14.3. The van der Waals surface area contributed by atoms with Crippen LogP contribution in [0, 0.1) is 10.1 Å². The van der Waals surface area contributed by atoms with E-state index >= 15 is 0 Å². The van der Waals surface area contributed by atoms with E-state index < -0.39 is 10.8 Å². The molecule has 0 fully saturated rings. The lowest BCUT2D eigenvalue weighted by Gasteiger charge is -2.07. The number of carbonyl (C=O) groups excluding carboxylic acids is 1. The summed E-state index contributed by atoms with van der Waals surface area (Å²) >= 11 is 7.61. The molecule has 1 aromatic heterocycles. The van der Waals surface area contributed by atoms with E-state index in [1.165, 1.54) is 12.3 Å². The SMILES string of the molecule is O=C(COc1ccc(Br)cc1Br)NN=Cc1ccc([N+](=O)[O-])s1. The monoisotopic (exact) mass is 461 g/mol. The number of benzene rings is 1. The van der Waals surface area contributed by atoms with Crippen molar-refractivity contribution in [3.05, 3.63) is 54.3 Å². The van der Waals surface area contributed by atoms with Gasteiger partial charge < -0.3 is 4.74 Å². The highest BCUT2D eigenvalue weighted by Crippen LogP contribution is 2.28. The quantitative estimate of drug-likeness (QED) is 0.402. The van der Waals surface area contributed by atoms with Crippen molar-refractivity contribution in [1.82, 2.24) is 5.43 Å². The number of rotatable bonds is 6. The van der Waals surface area contributed by atoms with Gasteiger partial charge in [-0.15, -0.1) is 0 Å². The van der Waals surface area contributed by atoms with Crippen molar-refractivity contribution < 1.29 is 14.5 Å². The van der Waals surface area contributed by atoms with Crippen LogP contribution < -0.4 is 10.2 Å². The fourth-order valence-electron chi connectivity index (χ4n) is 1.45. The Bertz CT molecular complexity index is 763. The molecular formula is C13H9Br2N3O4S. The minimum Gasteiger partial charge on any atom is -0.483 e. The fourth-order valence-corrected chi connectivity index (χ4v) is 3.30. The smallest absolute Gasteiger partial charge is 0.324 e. The van der Waals surface area contributed by atoms with Crippen LogP contribution in [0.5, 0.6) is 5.75 Å². The van der Waals surface area contributed by atoms with E-state index in [0.717, 1.165) is 15.8 Å². The second-order valence-corrected chi connectivity index (χ2v) is 6.95. The molecule has 1 aromatic carbocycles. The Morgan fingerprint density at radius 3 is 2.83 bits per heavy atom. The molecule has 0 unspecified atom stereocenters. The van der Waals surface area contributed by atoms with E-state index in [-0.39, 0.29) is 11.6 Å². The molecular weight excluding hydrogens is 454 g/mol. The molecule has 0 radical (unpaired) electrons. The number of carbonyl (C=O) groups is 1. The average Bonchev–Trinajstić information content (AvgIpc) is 2.95. The standard InChI is InChI=1S/C13H9Br2N3O4S/c14-8-1-3-11(10(15)5-8)22-7-12(19)17-16-6-9-2-4-13(23-9)18(20)21/h1-6H,7H2,(H,17,19). The molecule has 0 aliphatic rings. The molecule has 120 valence electrons. The van der Waals surface area contributed by atoms with E-state index in [2.05, 4.69) is 42.4 Å². The number of hydrogen-bond acceptors (Lipinski definition) is 6. The van der Waals surface area contributed by atoms with Crippen LogP contribution in [0.15, 0.2) is 44.4 Å². The van der Waals surface area contributed by atoms with Gasteiger partial charge in [0.15, 0.2) is 6.61 Å². The van der Waals surface area contributed by atoms with Crippen molar-refractivity contribution >= 4 is 60.3 Å². The van der Waals surface area contributed by atoms with E-state index in [9.17, 15) is 14.9 Å². The molecule has 1 heterocycles. The summed E-state index contributed by atoms with van der Waals surface area (Å²) < 4.78 is 6.95. The van der Waals surface area contributed by atoms with Crippen LogP contribution in [-0.4, -0.2) is 23.7 Å². The fraction of sp³-hybridized carbons (Fsp3) is 0.0769. The molecule has 0 spiro atoms. The summed E-state index contributed by atoms with van der Waals surface area (Å²) in [6, 6.07) is 8.24. The highest BCUT2D eigenvalue weighted by atomic mass is 79.9. The Morgan fingerprint density at radius 2 is 2.17 bits per heavy atom. The van der Waals surface area contributed by atoms with Gasteiger partial charge in [-0.1, -0.05) is 27.3 Å². The number of halogens is 2. The van der Waals surface area contributed by atoms with Gasteiger partial charge in [-0.3, -0.25) is 14.9 Å². The molecule has 0 aliphatic heterocycles. The Balaban J connectivity index is 1.82. The van der Waals surface area contributed by atoms with Gasteiger partial charge in [0.1, 0.15) is 5.75 Å². The van der Waals surface area contributed by atoms with E-state index in [4.69, 9.17) is 4.74 Å². The summed E-state index contributed by atoms with van der Waals surface area (Å²) in [5.74, 6) is 0.0864. The molecule has 7 nitrogen and oxygen atoms in total. The van der Waals surface area contributed by atoms with Crippen LogP contribution in [0.2, 0.25) is 0 Å². The summed E-state index contributed by atoms with van der Waals surface area (Å²) in [4.78, 5) is 22.2. The Kier molecular flexibility index (Phi) is 6.25. The predicted molar refractivity (Wildman–Crippen MR) is 94.0 cm³/mol. The van der Waals surface area contributed by atoms with E-state index in [1.807, 2.05) is 0 Å². The molecule has 2 rings (SSSR count). The molecule has 0 bridgehead atoms. The number of thiophene rings is 1. The largest absolute Gasteiger partial charge is 0.483 e. The third-order valence-corrected chi connectivity index (χ3v) is 4.51. The summed E-state index contributed by atoms with van der Waals surface area (Å²) in [5.41, 5.74) is 2.29. The molecule has 2 aromatic rings. The Morgan fingerprint density at radius 1 is 1.39 bits per heavy atom. The van der Waals surface area contributed by atoms with Gasteiger partial charge in [0.05, 0.1) is 20.5 Å². The number of amides is 1. The number of nitrogens with one attached hydrogen (secondary N) is 1. The maximum atomic E-state index is 11.6. The van der Waals surface area contributed by atoms with Gasteiger partial charge >= 0.3 is 5.00 Å². The lowest BCUT2D eigenvalue weighted by atomic mass is 10.3. The molecule has 10 heteroatoms. The van der Waals surface area contributed by atoms with E-state index in [0.29, 0.717) is 15.1 Å². The third-order valence-electron chi connectivity index (χ3n) is 2.43. The van der Waals surface area contributed by atoms with Gasteiger partial charge in [0.25, 0.3) is 5.91 Å². The number of ether oxygens (including phenoxy) is 1. The van der Waals surface area contributed by atoms with Crippen LogP contribution in [0.3, 0.4) is 0 Å². The summed E-state index contributed by atoms with van der Waals surface area (Å²) in [6.07, 6.45) is 1.34. The molecule has 23 heavy (non-hydrogen) atoms. The maximum Gasteiger partial charge on any atom is 0.324 e. The van der Waals surface area contributed by atoms with Crippen LogP contribution >= 0.6 is 43.2 Å². The second-order valence-electron chi connectivity index (χ2n) is 4.09.